The first kappa shape index (κ1) is 15.9. The maximum Gasteiger partial charge on any atom is 0.326 e. The molecule has 0 saturated heterocycles. The van der Waals surface area contributed by atoms with E-state index in [1.54, 1.807) is 12.1 Å². The van der Waals surface area contributed by atoms with Crippen molar-refractivity contribution in [2.45, 2.75) is 24.9 Å². The quantitative estimate of drug-likeness (QED) is 0.445. The number of carboxylic acids is 1. The normalized spacial score (nSPS) is 13.5. The summed E-state index contributed by atoms with van der Waals surface area (Å²) < 4.78 is 0. The fourth-order valence-electron chi connectivity index (χ4n) is 1.64. The number of phenols is 1. The number of hydrogen-bond donors (Lipinski definition) is 5. The number of rotatable bonds is 7. The molecule has 0 unspecified atom stereocenters. The summed E-state index contributed by atoms with van der Waals surface area (Å²) in [5.41, 5.74) is 6.45. The number of hydrogen-bond acceptors (Lipinski definition) is 5. The average molecular weight is 282 g/mol. The van der Waals surface area contributed by atoms with Gasteiger partial charge in [0.25, 0.3) is 0 Å². The van der Waals surface area contributed by atoms with Gasteiger partial charge in [-0.3, -0.25) is 4.79 Å². The Kier molecular flexibility index (Phi) is 5.95. The Balaban J connectivity index is 2.57. The number of phenolic OH excluding ortho intramolecular Hbond substituents is 1. The first-order valence-electron chi connectivity index (χ1n) is 6.11. The Hall–Kier alpha value is -2.12. The highest BCUT2D eigenvalue weighted by atomic mass is 16.4. The monoisotopic (exact) mass is 282 g/mol. The van der Waals surface area contributed by atoms with Crippen molar-refractivity contribution < 1.29 is 24.9 Å². The molecule has 7 heteroatoms. The van der Waals surface area contributed by atoms with Crippen LogP contribution in [0.4, 0.5) is 0 Å². The SMILES string of the molecule is N[C@H](Cc1ccc(O)cc1)C(=O)N[C@H](CCO)C(=O)O. The number of aliphatic carboxylic acids is 1. The van der Waals surface area contributed by atoms with Crippen LogP contribution in [0.15, 0.2) is 24.3 Å². The molecule has 0 aromatic heterocycles. The summed E-state index contributed by atoms with van der Waals surface area (Å²) in [5.74, 6) is -1.70. The van der Waals surface area contributed by atoms with Gasteiger partial charge in [-0.1, -0.05) is 12.1 Å². The first-order valence-corrected chi connectivity index (χ1v) is 6.11. The predicted molar refractivity (Wildman–Crippen MR) is 71.1 cm³/mol. The minimum absolute atomic E-state index is 0.0764. The number of carbonyl (C=O) groups excluding carboxylic acids is 1. The molecule has 2 atom stereocenters. The number of nitrogens with two attached hydrogens (primary N) is 1. The fraction of sp³-hybridized carbons (Fsp3) is 0.385. The summed E-state index contributed by atoms with van der Waals surface area (Å²) in [5, 5.41) is 29.0. The van der Waals surface area contributed by atoms with Crippen molar-refractivity contribution in [3.63, 3.8) is 0 Å². The van der Waals surface area contributed by atoms with Gasteiger partial charge in [-0.2, -0.15) is 0 Å². The van der Waals surface area contributed by atoms with E-state index in [1.807, 2.05) is 0 Å². The van der Waals surface area contributed by atoms with E-state index in [9.17, 15) is 9.59 Å². The highest BCUT2D eigenvalue weighted by molar-refractivity contribution is 5.86. The first-order chi connectivity index (χ1) is 9.43. The number of carbonyl (C=O) groups is 2. The van der Waals surface area contributed by atoms with Crippen molar-refractivity contribution in [3.8, 4) is 5.75 Å². The van der Waals surface area contributed by atoms with Gasteiger partial charge >= 0.3 is 5.97 Å². The molecule has 0 saturated carbocycles. The Bertz CT molecular complexity index is 460. The number of carboxylic acid groups (broad SMARTS) is 1. The van der Waals surface area contributed by atoms with Gasteiger partial charge in [-0.05, 0) is 24.1 Å². The molecule has 0 aliphatic rings. The second-order valence-electron chi connectivity index (χ2n) is 4.39. The van der Waals surface area contributed by atoms with Crippen LogP contribution in [0.25, 0.3) is 0 Å². The summed E-state index contributed by atoms with van der Waals surface area (Å²) in [7, 11) is 0. The third kappa shape index (κ3) is 4.87. The Morgan fingerprint density at radius 3 is 2.35 bits per heavy atom. The minimum Gasteiger partial charge on any atom is -0.508 e. The van der Waals surface area contributed by atoms with Crippen LogP contribution in [-0.4, -0.2) is 45.9 Å². The van der Waals surface area contributed by atoms with Crippen LogP contribution in [0.1, 0.15) is 12.0 Å². The van der Waals surface area contributed by atoms with Crippen LogP contribution in [-0.2, 0) is 16.0 Å². The summed E-state index contributed by atoms with van der Waals surface area (Å²) in [6.45, 7) is -0.343. The van der Waals surface area contributed by atoms with Crippen LogP contribution >= 0.6 is 0 Å². The number of aromatic hydroxyl groups is 1. The molecule has 0 radical (unpaired) electrons. The highest BCUT2D eigenvalue weighted by Gasteiger charge is 2.22. The fourth-order valence-corrected chi connectivity index (χ4v) is 1.64. The van der Waals surface area contributed by atoms with E-state index in [4.69, 9.17) is 21.1 Å². The number of benzene rings is 1. The van der Waals surface area contributed by atoms with Crippen LogP contribution in [0, 0.1) is 0 Å². The molecule has 20 heavy (non-hydrogen) atoms. The van der Waals surface area contributed by atoms with E-state index >= 15 is 0 Å². The highest BCUT2D eigenvalue weighted by Crippen LogP contribution is 2.11. The zero-order valence-corrected chi connectivity index (χ0v) is 10.8. The molecule has 0 fully saturated rings. The number of amides is 1. The van der Waals surface area contributed by atoms with Gasteiger partial charge in [0.1, 0.15) is 11.8 Å². The van der Waals surface area contributed by atoms with Crippen molar-refractivity contribution in [2.75, 3.05) is 6.61 Å². The van der Waals surface area contributed by atoms with Crippen LogP contribution in [0.3, 0.4) is 0 Å². The Labute approximate surface area is 116 Å². The van der Waals surface area contributed by atoms with Gasteiger partial charge in [0.05, 0.1) is 6.04 Å². The van der Waals surface area contributed by atoms with Gasteiger partial charge in [-0.15, -0.1) is 0 Å². The molecular weight excluding hydrogens is 264 g/mol. The molecule has 1 aromatic carbocycles. The van der Waals surface area contributed by atoms with Crippen LogP contribution < -0.4 is 11.1 Å². The molecule has 1 rings (SSSR count). The number of aliphatic hydroxyl groups is 1. The lowest BCUT2D eigenvalue weighted by Crippen LogP contribution is -2.49. The van der Waals surface area contributed by atoms with E-state index in [-0.39, 0.29) is 25.2 Å². The van der Waals surface area contributed by atoms with Gasteiger partial charge in [0, 0.05) is 13.0 Å². The van der Waals surface area contributed by atoms with Crippen molar-refractivity contribution in [1.29, 1.82) is 0 Å². The molecule has 1 amide bonds. The Morgan fingerprint density at radius 1 is 1.25 bits per heavy atom. The Morgan fingerprint density at radius 2 is 1.85 bits per heavy atom. The maximum atomic E-state index is 11.8. The smallest absolute Gasteiger partial charge is 0.326 e. The van der Waals surface area contributed by atoms with E-state index < -0.39 is 24.0 Å². The molecule has 6 N–H and O–H groups in total. The second-order valence-corrected chi connectivity index (χ2v) is 4.39. The van der Waals surface area contributed by atoms with Gasteiger partial charge < -0.3 is 26.4 Å². The lowest BCUT2D eigenvalue weighted by molar-refractivity contribution is -0.142. The lowest BCUT2D eigenvalue weighted by Gasteiger charge is -2.17. The summed E-state index contributed by atoms with van der Waals surface area (Å²) in [6, 6.07) is 4.16. The third-order valence-electron chi connectivity index (χ3n) is 2.76. The van der Waals surface area contributed by atoms with Crippen LogP contribution in [0.2, 0.25) is 0 Å². The topological polar surface area (TPSA) is 133 Å². The molecule has 0 heterocycles. The standard InChI is InChI=1S/C13H18N2O5/c14-10(7-8-1-3-9(17)4-2-8)12(18)15-11(5-6-16)13(19)20/h1-4,10-11,16-17H,5-7,14H2,(H,15,18)(H,19,20)/t10-,11-/m1/s1. The molecular formula is C13H18N2O5. The largest absolute Gasteiger partial charge is 0.508 e. The van der Waals surface area contributed by atoms with Crippen molar-refractivity contribution in [2.24, 2.45) is 5.73 Å². The summed E-state index contributed by atoms with van der Waals surface area (Å²) in [4.78, 5) is 22.6. The molecule has 7 nitrogen and oxygen atoms in total. The second kappa shape index (κ2) is 7.46. The predicted octanol–water partition coefficient (Wildman–Crippen LogP) is -0.786. The molecule has 0 aliphatic carbocycles. The zero-order valence-electron chi connectivity index (χ0n) is 10.8. The van der Waals surface area contributed by atoms with Crippen molar-refractivity contribution in [3.05, 3.63) is 29.8 Å². The van der Waals surface area contributed by atoms with Gasteiger partial charge in [0.2, 0.25) is 5.91 Å². The molecule has 1 aromatic rings. The summed E-state index contributed by atoms with van der Waals surface area (Å²) in [6.07, 6.45) is 0.143. The van der Waals surface area contributed by atoms with E-state index in [0.717, 1.165) is 5.56 Å². The zero-order chi connectivity index (χ0) is 15.1. The number of aliphatic hydroxyl groups excluding tert-OH is 1. The van der Waals surface area contributed by atoms with Crippen molar-refractivity contribution >= 4 is 11.9 Å². The van der Waals surface area contributed by atoms with Crippen LogP contribution in [0.5, 0.6) is 5.75 Å². The van der Waals surface area contributed by atoms with E-state index in [2.05, 4.69) is 5.32 Å². The van der Waals surface area contributed by atoms with Gasteiger partial charge in [0.15, 0.2) is 0 Å². The van der Waals surface area contributed by atoms with E-state index in [1.165, 1.54) is 12.1 Å². The minimum atomic E-state index is -1.22. The number of nitrogens with one attached hydrogen (secondary N) is 1. The average Bonchev–Trinajstić information content (AvgIpc) is 2.40. The molecule has 0 bridgehead atoms. The lowest BCUT2D eigenvalue weighted by atomic mass is 10.1. The molecule has 0 aliphatic heterocycles. The third-order valence-corrected chi connectivity index (χ3v) is 2.76. The van der Waals surface area contributed by atoms with Gasteiger partial charge in [-0.25, -0.2) is 4.79 Å². The molecule has 110 valence electrons. The summed E-state index contributed by atoms with van der Waals surface area (Å²) >= 11 is 0. The maximum absolute atomic E-state index is 11.8. The van der Waals surface area contributed by atoms with E-state index in [0.29, 0.717) is 0 Å². The van der Waals surface area contributed by atoms with Crippen molar-refractivity contribution in [1.82, 2.24) is 5.32 Å². The molecule has 0 spiro atoms.